The second-order valence-electron chi connectivity index (χ2n) is 7.08. The number of benzene rings is 2. The Morgan fingerprint density at radius 1 is 1.00 bits per heavy atom. The van der Waals surface area contributed by atoms with Crippen molar-refractivity contribution in [2.75, 3.05) is 0 Å². The van der Waals surface area contributed by atoms with Gasteiger partial charge in [-0.2, -0.15) is 15.5 Å². The van der Waals surface area contributed by atoms with Gasteiger partial charge in [-0.15, -0.1) is 0 Å². The van der Waals surface area contributed by atoms with Gasteiger partial charge in [0.25, 0.3) is 5.71 Å². The minimum atomic E-state index is -0.663. The third-order valence-corrected chi connectivity index (χ3v) is 5.73. The van der Waals surface area contributed by atoms with Crippen molar-refractivity contribution in [2.24, 2.45) is 0 Å². The zero-order valence-corrected chi connectivity index (χ0v) is 17.1. The van der Waals surface area contributed by atoms with Crippen LogP contribution in [0.3, 0.4) is 0 Å². The molecule has 32 heavy (non-hydrogen) atoms. The van der Waals surface area contributed by atoms with Gasteiger partial charge in [-0.05, 0) is 30.7 Å². The van der Waals surface area contributed by atoms with Gasteiger partial charge in [-0.1, -0.05) is 29.8 Å². The molecule has 0 fully saturated rings. The number of hydrogen-bond acceptors (Lipinski definition) is 7. The third-order valence-electron chi connectivity index (χ3n) is 5.26. The average molecular weight is 440 g/mol. The van der Waals surface area contributed by atoms with Crippen LogP contribution in [0.2, 0.25) is 5.02 Å². The maximum Gasteiger partial charge on any atom is 0.266 e. The van der Waals surface area contributed by atoms with Gasteiger partial charge in [0.1, 0.15) is 17.9 Å². The predicted octanol–water partition coefficient (Wildman–Crippen LogP) is 5.26. The molecule has 4 aromatic rings. The lowest BCUT2D eigenvalue weighted by atomic mass is 9.94. The number of aromatic nitrogens is 1. The molecule has 0 spiro atoms. The van der Waals surface area contributed by atoms with Crippen LogP contribution in [0.25, 0.3) is 28.8 Å². The molecule has 0 saturated heterocycles. The molecule has 0 N–H and O–H groups in total. The molecular weight excluding hydrogens is 430 g/mol. The molecule has 0 saturated carbocycles. The number of Topliss-reactive ketones (excluding diaryl/α,β-unsaturated/α-hetero) is 2. The van der Waals surface area contributed by atoms with Gasteiger partial charge >= 0.3 is 0 Å². The molecule has 8 heteroatoms. The average Bonchev–Trinajstić information content (AvgIpc) is 3.43. The third kappa shape index (κ3) is 2.70. The number of allylic oxidation sites excluding steroid dienone is 1. The van der Waals surface area contributed by atoms with E-state index in [1.165, 1.54) is 19.1 Å². The Bertz CT molecular complexity index is 1560. The molecule has 0 bridgehead atoms. The van der Waals surface area contributed by atoms with E-state index in [4.69, 9.17) is 20.4 Å². The molecule has 7 nitrogen and oxygen atoms in total. The molecule has 5 rings (SSSR count). The second kappa shape index (κ2) is 7.05. The fraction of sp³-hybridized carbons (Fsp3) is 0.0417. The normalized spacial score (nSPS) is 14.1. The van der Waals surface area contributed by atoms with E-state index in [0.29, 0.717) is 11.5 Å². The molecule has 1 aliphatic carbocycles. The fourth-order valence-electron chi connectivity index (χ4n) is 3.75. The lowest BCUT2D eigenvalue weighted by molar-refractivity contribution is 0.0990. The van der Waals surface area contributed by atoms with Crippen LogP contribution in [0.5, 0.6) is 0 Å². The lowest BCUT2D eigenvalue weighted by Crippen LogP contribution is -2.03. The quantitative estimate of drug-likeness (QED) is 0.308. The fourth-order valence-corrected chi connectivity index (χ4v) is 3.98. The van der Waals surface area contributed by atoms with E-state index >= 15 is 0 Å². The maximum absolute atomic E-state index is 13.0. The van der Waals surface area contributed by atoms with E-state index in [0.717, 1.165) is 5.56 Å². The van der Waals surface area contributed by atoms with Crippen LogP contribution >= 0.6 is 11.6 Å². The largest absolute Gasteiger partial charge is 0.436 e. The molecule has 0 radical (unpaired) electrons. The summed E-state index contributed by atoms with van der Waals surface area (Å²) >= 11 is 6.19. The van der Waals surface area contributed by atoms with Crippen molar-refractivity contribution in [3.63, 3.8) is 0 Å². The van der Waals surface area contributed by atoms with E-state index in [-0.39, 0.29) is 49.9 Å². The summed E-state index contributed by atoms with van der Waals surface area (Å²) in [7, 11) is 0. The number of carbonyl (C=O) groups is 2. The molecular formula is C24H10ClN3O4. The summed E-state index contributed by atoms with van der Waals surface area (Å²) in [6.07, 6.45) is 1.28. The van der Waals surface area contributed by atoms with E-state index in [2.05, 4.69) is 4.98 Å². The molecule has 2 aromatic carbocycles. The Labute approximate surface area is 185 Å². The molecule has 0 aliphatic heterocycles. The number of ketones is 2. The van der Waals surface area contributed by atoms with Gasteiger partial charge in [-0.3, -0.25) is 9.59 Å². The Hall–Kier alpha value is -4.46. The highest BCUT2D eigenvalue weighted by Crippen LogP contribution is 2.39. The second-order valence-corrected chi connectivity index (χ2v) is 7.46. The van der Waals surface area contributed by atoms with Gasteiger partial charge in [-0.25, -0.2) is 0 Å². The number of oxazole rings is 1. The van der Waals surface area contributed by atoms with Crippen molar-refractivity contribution in [3.8, 4) is 23.6 Å². The van der Waals surface area contributed by atoms with Gasteiger partial charge in [0.2, 0.25) is 5.89 Å². The van der Waals surface area contributed by atoms with Crippen LogP contribution < -0.4 is 0 Å². The maximum atomic E-state index is 13.0. The SMILES string of the molecule is Cc1c(Cl)c(C#N)c(C#N)c2c1C(=O)/C(=C/c1cc3oc(-c4ccccc4)nc3o1)C2=O. The topological polar surface area (TPSA) is 121 Å². The molecule has 2 heterocycles. The van der Waals surface area contributed by atoms with Crippen molar-refractivity contribution >= 4 is 40.5 Å². The Morgan fingerprint density at radius 2 is 1.69 bits per heavy atom. The predicted molar refractivity (Wildman–Crippen MR) is 114 cm³/mol. The number of halogens is 1. The van der Waals surface area contributed by atoms with Crippen LogP contribution in [0, 0.1) is 29.6 Å². The van der Waals surface area contributed by atoms with Crippen LogP contribution in [0.15, 0.2) is 50.8 Å². The van der Waals surface area contributed by atoms with Crippen molar-refractivity contribution < 1.29 is 18.4 Å². The zero-order chi connectivity index (χ0) is 22.6. The summed E-state index contributed by atoms with van der Waals surface area (Å²) in [4.78, 5) is 30.4. The summed E-state index contributed by atoms with van der Waals surface area (Å²) in [5.41, 5.74) is 1.03. The van der Waals surface area contributed by atoms with Crippen LogP contribution in [0.1, 0.15) is 43.2 Å². The van der Waals surface area contributed by atoms with Gasteiger partial charge in [0, 0.05) is 17.2 Å². The highest BCUT2D eigenvalue weighted by Gasteiger charge is 2.39. The highest BCUT2D eigenvalue weighted by atomic mass is 35.5. The first-order valence-electron chi connectivity index (χ1n) is 9.37. The van der Waals surface area contributed by atoms with Crippen molar-refractivity contribution in [1.82, 2.24) is 4.98 Å². The number of rotatable bonds is 2. The Kier molecular flexibility index (Phi) is 4.30. The first kappa shape index (κ1) is 19.5. The molecule has 0 atom stereocenters. The molecule has 0 amide bonds. The molecule has 0 unspecified atom stereocenters. The van der Waals surface area contributed by atoms with Crippen LogP contribution in [0.4, 0.5) is 0 Å². The number of fused-ring (bicyclic) bond motifs is 2. The van der Waals surface area contributed by atoms with E-state index in [1.807, 2.05) is 42.5 Å². The van der Waals surface area contributed by atoms with Crippen molar-refractivity contribution in [3.05, 3.63) is 80.6 Å². The van der Waals surface area contributed by atoms with Crippen LogP contribution in [-0.2, 0) is 0 Å². The zero-order valence-electron chi connectivity index (χ0n) is 16.4. The number of nitrogens with zero attached hydrogens (tertiary/aromatic N) is 3. The molecule has 2 aromatic heterocycles. The van der Waals surface area contributed by atoms with Crippen LogP contribution in [-0.4, -0.2) is 16.6 Å². The van der Waals surface area contributed by atoms with Gasteiger partial charge < -0.3 is 8.83 Å². The highest BCUT2D eigenvalue weighted by molar-refractivity contribution is 6.44. The van der Waals surface area contributed by atoms with Gasteiger partial charge in [0.05, 0.1) is 27.3 Å². The number of carbonyl (C=O) groups excluding carboxylic acids is 2. The summed E-state index contributed by atoms with van der Waals surface area (Å²) in [6, 6.07) is 14.5. The number of hydrogen-bond donors (Lipinski definition) is 0. The van der Waals surface area contributed by atoms with E-state index in [9.17, 15) is 20.1 Å². The van der Waals surface area contributed by atoms with Crippen molar-refractivity contribution in [1.29, 1.82) is 10.5 Å². The summed E-state index contributed by atoms with van der Waals surface area (Å²) in [5.74, 6) is -0.676. The summed E-state index contributed by atoms with van der Waals surface area (Å²) in [5, 5.41) is 18.9. The Morgan fingerprint density at radius 3 is 2.34 bits per heavy atom. The van der Waals surface area contributed by atoms with E-state index < -0.39 is 11.6 Å². The first-order chi connectivity index (χ1) is 15.4. The summed E-state index contributed by atoms with van der Waals surface area (Å²) in [6.45, 7) is 1.53. The minimum Gasteiger partial charge on any atom is -0.436 e. The number of furan rings is 1. The van der Waals surface area contributed by atoms with Gasteiger partial charge in [0.15, 0.2) is 17.1 Å². The Balaban J connectivity index is 1.60. The summed E-state index contributed by atoms with van der Waals surface area (Å²) < 4.78 is 11.4. The first-order valence-corrected chi connectivity index (χ1v) is 9.75. The standard InChI is InChI=1S/C24H10ClN3O4/c1-11-18-19(15(9-26)16(10-27)20(11)25)22(30)14(21(18)29)7-13-8-17-24(31-13)28-23(32-17)12-5-3-2-4-6-12/h2-8H,1H3/b14-7-. The monoisotopic (exact) mass is 439 g/mol. The van der Waals surface area contributed by atoms with Crippen molar-refractivity contribution in [2.45, 2.75) is 6.92 Å². The van der Waals surface area contributed by atoms with E-state index in [1.54, 1.807) is 0 Å². The number of nitriles is 2. The lowest BCUT2D eigenvalue weighted by Gasteiger charge is -2.08. The minimum absolute atomic E-state index is 0.0154. The smallest absolute Gasteiger partial charge is 0.266 e. The molecule has 152 valence electrons. The molecule has 1 aliphatic rings.